The second-order valence-electron chi connectivity index (χ2n) is 5.56. The van der Waals surface area contributed by atoms with Gasteiger partial charge < -0.3 is 5.73 Å². The Kier molecular flexibility index (Phi) is 2.92. The first-order valence-corrected chi connectivity index (χ1v) is 6.75. The van der Waals surface area contributed by atoms with Gasteiger partial charge >= 0.3 is 0 Å². The maximum absolute atomic E-state index is 6.16. The van der Waals surface area contributed by atoms with Gasteiger partial charge in [-0.1, -0.05) is 0 Å². The Morgan fingerprint density at radius 1 is 1.41 bits per heavy atom. The minimum Gasteiger partial charge on any atom is -0.327 e. The highest BCUT2D eigenvalue weighted by molar-refractivity contribution is 5.05. The fourth-order valence-corrected chi connectivity index (χ4v) is 3.45. The lowest BCUT2D eigenvalue weighted by molar-refractivity contribution is 0.298. The van der Waals surface area contributed by atoms with Gasteiger partial charge in [-0.3, -0.25) is 9.58 Å². The molecule has 0 amide bonds. The van der Waals surface area contributed by atoms with E-state index in [9.17, 15) is 0 Å². The Morgan fingerprint density at radius 3 is 3.00 bits per heavy atom. The van der Waals surface area contributed by atoms with E-state index < -0.39 is 0 Å². The van der Waals surface area contributed by atoms with Crippen molar-refractivity contribution in [3.8, 4) is 0 Å². The quantitative estimate of drug-likeness (QED) is 0.851. The first-order chi connectivity index (χ1) is 8.26. The molecule has 0 aromatic carbocycles. The van der Waals surface area contributed by atoms with E-state index in [1.54, 1.807) is 0 Å². The van der Waals surface area contributed by atoms with E-state index in [0.717, 1.165) is 24.9 Å². The predicted molar refractivity (Wildman–Crippen MR) is 67.4 cm³/mol. The van der Waals surface area contributed by atoms with Gasteiger partial charge in [0.2, 0.25) is 0 Å². The topological polar surface area (TPSA) is 47.1 Å². The Labute approximate surface area is 103 Å². The van der Waals surface area contributed by atoms with Crippen LogP contribution < -0.4 is 5.73 Å². The van der Waals surface area contributed by atoms with E-state index in [4.69, 9.17) is 5.73 Å². The molecule has 4 nitrogen and oxygen atoms in total. The third-order valence-corrected chi connectivity index (χ3v) is 4.40. The molecule has 1 aromatic rings. The predicted octanol–water partition coefficient (Wildman–Crippen LogP) is 1.07. The van der Waals surface area contributed by atoms with Crippen LogP contribution in [-0.2, 0) is 13.1 Å². The highest BCUT2D eigenvalue weighted by Crippen LogP contribution is 2.37. The van der Waals surface area contributed by atoms with Crippen LogP contribution in [0.1, 0.15) is 25.3 Å². The second kappa shape index (κ2) is 4.42. The van der Waals surface area contributed by atoms with Crippen LogP contribution in [0, 0.1) is 11.8 Å². The molecule has 2 N–H and O–H groups in total. The summed E-state index contributed by atoms with van der Waals surface area (Å²) in [5.41, 5.74) is 7.49. The lowest BCUT2D eigenvalue weighted by Crippen LogP contribution is -2.30. The average Bonchev–Trinajstić information content (AvgIpc) is 2.98. The first kappa shape index (κ1) is 11.2. The normalized spacial score (nSPS) is 33.2. The molecule has 3 atom stereocenters. The maximum atomic E-state index is 6.16. The molecule has 1 aromatic heterocycles. The zero-order chi connectivity index (χ0) is 11.8. The van der Waals surface area contributed by atoms with Crippen LogP contribution in [0.2, 0.25) is 0 Å². The van der Waals surface area contributed by atoms with E-state index in [1.165, 1.54) is 31.5 Å². The minimum atomic E-state index is 0.448. The molecule has 1 saturated carbocycles. The third kappa shape index (κ3) is 2.11. The molecule has 0 radical (unpaired) electrons. The van der Waals surface area contributed by atoms with Gasteiger partial charge in [-0.25, -0.2) is 0 Å². The minimum absolute atomic E-state index is 0.448. The van der Waals surface area contributed by atoms with Gasteiger partial charge in [-0.2, -0.15) is 5.10 Å². The summed E-state index contributed by atoms with van der Waals surface area (Å²) in [5, 5.41) is 4.33. The summed E-state index contributed by atoms with van der Waals surface area (Å²) in [6, 6.07) is 0.448. The van der Waals surface area contributed by atoms with Crippen LogP contribution in [0.25, 0.3) is 0 Å². The molecule has 3 rings (SSSR count). The highest BCUT2D eigenvalue weighted by Gasteiger charge is 2.40. The van der Waals surface area contributed by atoms with Crippen LogP contribution in [0.15, 0.2) is 12.4 Å². The SMILES string of the molecule is CCn1cc(CN2CC3CCC(N)C3C2)cn1. The van der Waals surface area contributed by atoms with Crippen LogP contribution in [0.3, 0.4) is 0 Å². The van der Waals surface area contributed by atoms with E-state index >= 15 is 0 Å². The molecule has 0 bridgehead atoms. The van der Waals surface area contributed by atoms with Gasteiger partial charge in [0.1, 0.15) is 0 Å². The van der Waals surface area contributed by atoms with E-state index in [2.05, 4.69) is 23.1 Å². The number of hydrogen-bond acceptors (Lipinski definition) is 3. The standard InChI is InChI=1S/C13H22N4/c1-2-17-7-10(5-15-17)6-16-8-11-3-4-13(14)12(11)9-16/h5,7,11-13H,2-4,6,8-9,14H2,1H3. The van der Waals surface area contributed by atoms with Crippen molar-refractivity contribution in [3.05, 3.63) is 18.0 Å². The summed E-state index contributed by atoms with van der Waals surface area (Å²) in [5.74, 6) is 1.60. The molecule has 2 aliphatic rings. The Bertz CT molecular complexity index is 387. The highest BCUT2D eigenvalue weighted by atomic mass is 15.3. The Balaban J connectivity index is 1.60. The number of nitrogens with two attached hydrogens (primary N) is 1. The lowest BCUT2D eigenvalue weighted by Gasteiger charge is -2.17. The molecule has 1 aliphatic heterocycles. The molecule has 2 heterocycles. The molecular formula is C13H22N4. The van der Waals surface area contributed by atoms with Gasteiger partial charge in [0.25, 0.3) is 0 Å². The number of aryl methyl sites for hydroxylation is 1. The molecule has 3 unspecified atom stereocenters. The zero-order valence-electron chi connectivity index (χ0n) is 10.5. The van der Waals surface area contributed by atoms with Crippen molar-refractivity contribution in [2.45, 2.75) is 38.9 Å². The molecule has 1 aliphatic carbocycles. The number of nitrogens with zero attached hydrogens (tertiary/aromatic N) is 3. The van der Waals surface area contributed by atoms with Crippen molar-refractivity contribution in [3.63, 3.8) is 0 Å². The molecular weight excluding hydrogens is 212 g/mol. The van der Waals surface area contributed by atoms with Gasteiger partial charge in [0.15, 0.2) is 0 Å². The monoisotopic (exact) mass is 234 g/mol. The van der Waals surface area contributed by atoms with E-state index in [-0.39, 0.29) is 0 Å². The number of likely N-dealkylation sites (tertiary alicyclic amines) is 1. The van der Waals surface area contributed by atoms with E-state index in [0.29, 0.717) is 6.04 Å². The van der Waals surface area contributed by atoms with Gasteiger partial charge in [0, 0.05) is 44.0 Å². The zero-order valence-corrected chi connectivity index (χ0v) is 10.5. The Hall–Kier alpha value is -0.870. The molecule has 2 fully saturated rings. The van der Waals surface area contributed by atoms with Crippen LogP contribution in [0.4, 0.5) is 0 Å². The van der Waals surface area contributed by atoms with Crippen molar-refractivity contribution >= 4 is 0 Å². The van der Waals surface area contributed by atoms with Crippen molar-refractivity contribution in [2.75, 3.05) is 13.1 Å². The smallest absolute Gasteiger partial charge is 0.0534 e. The molecule has 4 heteroatoms. The average molecular weight is 234 g/mol. The van der Waals surface area contributed by atoms with Gasteiger partial charge in [0.05, 0.1) is 6.20 Å². The van der Waals surface area contributed by atoms with Crippen molar-refractivity contribution < 1.29 is 0 Å². The van der Waals surface area contributed by atoms with Gasteiger partial charge in [-0.15, -0.1) is 0 Å². The number of aromatic nitrogens is 2. The van der Waals surface area contributed by atoms with Crippen LogP contribution in [-0.4, -0.2) is 33.8 Å². The molecule has 17 heavy (non-hydrogen) atoms. The summed E-state index contributed by atoms with van der Waals surface area (Å²) in [6.45, 7) is 6.53. The summed E-state index contributed by atoms with van der Waals surface area (Å²) in [7, 11) is 0. The van der Waals surface area contributed by atoms with Crippen molar-refractivity contribution in [1.29, 1.82) is 0 Å². The van der Waals surface area contributed by atoms with Crippen molar-refractivity contribution in [2.24, 2.45) is 17.6 Å². The van der Waals surface area contributed by atoms with Crippen LogP contribution in [0.5, 0.6) is 0 Å². The molecule has 0 spiro atoms. The molecule has 94 valence electrons. The first-order valence-electron chi connectivity index (χ1n) is 6.75. The fraction of sp³-hybridized carbons (Fsp3) is 0.769. The Morgan fingerprint density at radius 2 is 2.29 bits per heavy atom. The third-order valence-electron chi connectivity index (χ3n) is 4.40. The van der Waals surface area contributed by atoms with Crippen LogP contribution >= 0.6 is 0 Å². The summed E-state index contributed by atoms with van der Waals surface area (Å²) >= 11 is 0. The second-order valence-corrected chi connectivity index (χ2v) is 5.56. The molecule has 1 saturated heterocycles. The number of hydrogen-bond donors (Lipinski definition) is 1. The van der Waals surface area contributed by atoms with E-state index in [1.807, 2.05) is 10.9 Å². The maximum Gasteiger partial charge on any atom is 0.0534 e. The summed E-state index contributed by atoms with van der Waals surface area (Å²) < 4.78 is 2.00. The fourth-order valence-electron chi connectivity index (χ4n) is 3.45. The largest absolute Gasteiger partial charge is 0.327 e. The number of fused-ring (bicyclic) bond motifs is 1. The van der Waals surface area contributed by atoms with Crippen molar-refractivity contribution in [1.82, 2.24) is 14.7 Å². The number of rotatable bonds is 3. The lowest BCUT2D eigenvalue weighted by atomic mass is 9.98. The van der Waals surface area contributed by atoms with Gasteiger partial charge in [-0.05, 0) is 31.6 Å². The summed E-state index contributed by atoms with van der Waals surface area (Å²) in [6.07, 6.45) is 6.72. The summed E-state index contributed by atoms with van der Waals surface area (Å²) in [4.78, 5) is 2.55.